The molecule has 0 fully saturated rings. The number of thiophene rings is 3. The molecule has 1 atom stereocenters. The van der Waals surface area contributed by atoms with Gasteiger partial charge in [0.05, 0.1) is 11.1 Å². The van der Waals surface area contributed by atoms with Gasteiger partial charge in [-0.3, -0.25) is 20.4 Å². The fourth-order valence-corrected chi connectivity index (χ4v) is 3.64. The number of carbonyl (C=O) groups is 2. The second-order valence-electron chi connectivity index (χ2n) is 5.90. The van der Waals surface area contributed by atoms with Crippen LogP contribution in [0, 0.1) is 0 Å². The predicted molar refractivity (Wildman–Crippen MR) is 122 cm³/mol. The Balaban J connectivity index is 0.000000229. The normalized spacial score (nSPS) is 10.9. The highest BCUT2D eigenvalue weighted by molar-refractivity contribution is 7.08. The summed E-state index contributed by atoms with van der Waals surface area (Å²) >= 11 is 4.52. The highest BCUT2D eigenvalue weighted by Crippen LogP contribution is 2.15. The van der Waals surface area contributed by atoms with Gasteiger partial charge in [0.25, 0.3) is 11.8 Å². The summed E-state index contributed by atoms with van der Waals surface area (Å²) in [5, 5.41) is 20.0. The number of carbonyl (C=O) groups excluding carboxylic acids is 2. The molecule has 3 rings (SSSR count). The van der Waals surface area contributed by atoms with Crippen LogP contribution in [0.25, 0.3) is 0 Å². The van der Waals surface area contributed by atoms with Gasteiger partial charge < -0.3 is 9.84 Å². The number of aliphatic hydroxyl groups is 1. The molecule has 164 valence electrons. The van der Waals surface area contributed by atoms with Crippen molar-refractivity contribution >= 4 is 45.8 Å². The molecular weight excluding hydrogens is 444 g/mol. The molecule has 11 heteroatoms. The number of aliphatic hydroxyl groups excluding tert-OH is 1. The van der Waals surface area contributed by atoms with Gasteiger partial charge >= 0.3 is 0 Å². The van der Waals surface area contributed by atoms with Crippen LogP contribution in [0.4, 0.5) is 0 Å². The minimum Gasteiger partial charge on any atom is -0.364 e. The zero-order valence-corrected chi connectivity index (χ0v) is 19.3. The fourth-order valence-electron chi connectivity index (χ4n) is 1.70. The van der Waals surface area contributed by atoms with E-state index in [0.29, 0.717) is 11.1 Å². The van der Waals surface area contributed by atoms with Crippen LogP contribution in [-0.4, -0.2) is 30.1 Å². The molecule has 0 saturated carbocycles. The molecular formula is C19H26N4O4S3. The summed E-state index contributed by atoms with van der Waals surface area (Å²) in [5.41, 5.74) is 9.61. The van der Waals surface area contributed by atoms with Crippen LogP contribution in [-0.2, 0) is 4.74 Å². The number of nitrogen functional groups attached to an aromatic ring is 1. The molecule has 6 N–H and O–H groups in total. The van der Waals surface area contributed by atoms with E-state index >= 15 is 0 Å². The van der Waals surface area contributed by atoms with Gasteiger partial charge in [0, 0.05) is 29.5 Å². The minimum atomic E-state index is -0.753. The Morgan fingerprint density at radius 2 is 1.50 bits per heavy atom. The van der Waals surface area contributed by atoms with Gasteiger partial charge in [0.2, 0.25) is 0 Å². The van der Waals surface area contributed by atoms with Gasteiger partial charge in [-0.2, -0.15) is 34.0 Å². The summed E-state index contributed by atoms with van der Waals surface area (Å²) in [7, 11) is 1.47. The molecule has 0 radical (unpaired) electrons. The molecule has 1 unspecified atom stereocenters. The van der Waals surface area contributed by atoms with Crippen LogP contribution in [0.5, 0.6) is 0 Å². The van der Waals surface area contributed by atoms with Crippen molar-refractivity contribution in [3.63, 3.8) is 0 Å². The van der Waals surface area contributed by atoms with Gasteiger partial charge in [-0.05, 0) is 53.6 Å². The number of nitrogens with two attached hydrogens (primary N) is 1. The monoisotopic (exact) mass is 470 g/mol. The van der Waals surface area contributed by atoms with E-state index in [0.717, 1.165) is 5.56 Å². The van der Waals surface area contributed by atoms with Crippen molar-refractivity contribution in [3.8, 4) is 0 Å². The largest absolute Gasteiger partial charge is 0.364 e. The minimum absolute atomic E-state index is 0.0787. The molecule has 0 aromatic carbocycles. The first-order valence-corrected chi connectivity index (χ1v) is 11.6. The van der Waals surface area contributed by atoms with Crippen LogP contribution < -0.4 is 22.1 Å². The van der Waals surface area contributed by atoms with E-state index in [-0.39, 0.29) is 17.9 Å². The Hall–Kier alpha value is -2.12. The zero-order valence-electron chi connectivity index (χ0n) is 16.8. The third kappa shape index (κ3) is 10.1. The van der Waals surface area contributed by atoms with E-state index in [1.54, 1.807) is 28.8 Å². The van der Waals surface area contributed by atoms with Crippen LogP contribution in [0.2, 0.25) is 0 Å². The van der Waals surface area contributed by atoms with Gasteiger partial charge in [0.15, 0.2) is 6.29 Å². The van der Waals surface area contributed by atoms with E-state index in [1.807, 2.05) is 52.2 Å². The first-order valence-electron chi connectivity index (χ1n) is 8.73. The Labute approximate surface area is 187 Å². The molecule has 0 saturated heterocycles. The van der Waals surface area contributed by atoms with Crippen molar-refractivity contribution in [1.82, 2.24) is 16.3 Å². The summed E-state index contributed by atoms with van der Waals surface area (Å²) in [5.74, 6) is 4.55. The first-order chi connectivity index (χ1) is 14.4. The molecule has 2 amide bonds. The quantitative estimate of drug-likeness (QED) is 0.163. The predicted octanol–water partition coefficient (Wildman–Crippen LogP) is 3.13. The number of rotatable bonds is 6. The lowest BCUT2D eigenvalue weighted by Gasteiger charge is -2.08. The lowest BCUT2D eigenvalue weighted by Crippen LogP contribution is -2.41. The summed E-state index contributed by atoms with van der Waals surface area (Å²) in [6.07, 6.45) is -0.753. The van der Waals surface area contributed by atoms with Gasteiger partial charge in [0.1, 0.15) is 0 Å². The lowest BCUT2D eigenvalue weighted by molar-refractivity contribution is -0.0766. The maximum absolute atomic E-state index is 11.2. The van der Waals surface area contributed by atoms with Gasteiger partial charge in [-0.1, -0.05) is 0 Å². The molecule has 0 aliphatic heterocycles. The molecule has 8 nitrogen and oxygen atoms in total. The first kappa shape index (κ1) is 25.9. The van der Waals surface area contributed by atoms with Crippen molar-refractivity contribution < 1.29 is 19.4 Å². The molecule has 0 aliphatic carbocycles. The van der Waals surface area contributed by atoms with E-state index < -0.39 is 6.29 Å². The highest BCUT2D eigenvalue weighted by Gasteiger charge is 2.04. The Morgan fingerprint density at radius 1 is 0.967 bits per heavy atom. The second kappa shape index (κ2) is 14.8. The summed E-state index contributed by atoms with van der Waals surface area (Å²) in [6.45, 7) is 3.93. The third-order valence-corrected chi connectivity index (χ3v) is 5.29. The maximum atomic E-state index is 11.2. The second-order valence-corrected chi connectivity index (χ2v) is 8.24. The fraction of sp³-hybridized carbons (Fsp3) is 0.263. The zero-order chi connectivity index (χ0) is 22.4. The number of methoxy groups -OCH3 is 1. The third-order valence-electron chi connectivity index (χ3n) is 3.22. The Morgan fingerprint density at radius 3 is 1.90 bits per heavy atom. The SMILES string of the molecule is CC(C)NNC(=O)c1ccsc1.COC(O)c1ccsc1.NNC(=O)c1ccsc1. The van der Waals surface area contributed by atoms with Crippen LogP contribution in [0.15, 0.2) is 50.5 Å². The molecule has 3 aromatic rings. The molecule has 30 heavy (non-hydrogen) atoms. The van der Waals surface area contributed by atoms with E-state index in [9.17, 15) is 9.59 Å². The van der Waals surface area contributed by atoms with Crippen molar-refractivity contribution in [1.29, 1.82) is 0 Å². The van der Waals surface area contributed by atoms with E-state index in [1.165, 1.54) is 29.8 Å². The number of hydrogen-bond donors (Lipinski definition) is 5. The number of hydrazine groups is 2. The van der Waals surface area contributed by atoms with Gasteiger partial charge in [-0.25, -0.2) is 11.3 Å². The number of nitrogens with one attached hydrogen (secondary N) is 3. The summed E-state index contributed by atoms with van der Waals surface area (Å²) in [4.78, 5) is 21.9. The summed E-state index contributed by atoms with van der Waals surface area (Å²) in [6, 6.07) is 5.60. The molecule has 0 spiro atoms. The highest BCUT2D eigenvalue weighted by atomic mass is 32.1. The van der Waals surface area contributed by atoms with Crippen molar-refractivity contribution in [2.45, 2.75) is 26.2 Å². The van der Waals surface area contributed by atoms with Crippen LogP contribution >= 0.6 is 34.0 Å². The van der Waals surface area contributed by atoms with E-state index in [2.05, 4.69) is 15.6 Å². The van der Waals surface area contributed by atoms with Crippen molar-refractivity contribution in [2.75, 3.05) is 7.11 Å². The average molecular weight is 471 g/mol. The van der Waals surface area contributed by atoms with Gasteiger partial charge in [-0.15, -0.1) is 0 Å². The van der Waals surface area contributed by atoms with Crippen molar-refractivity contribution in [3.05, 3.63) is 67.2 Å². The van der Waals surface area contributed by atoms with Crippen molar-refractivity contribution in [2.24, 2.45) is 5.84 Å². The number of ether oxygens (including phenoxy) is 1. The van der Waals surface area contributed by atoms with Crippen LogP contribution in [0.3, 0.4) is 0 Å². The number of hydrogen-bond acceptors (Lipinski definition) is 9. The molecule has 0 aliphatic rings. The van der Waals surface area contributed by atoms with E-state index in [4.69, 9.17) is 10.9 Å². The lowest BCUT2D eigenvalue weighted by atomic mass is 10.3. The summed E-state index contributed by atoms with van der Waals surface area (Å²) < 4.78 is 4.66. The molecule has 3 heterocycles. The standard InChI is InChI=1S/C8H12N2OS.C6H8O2S.C5H6N2OS/c1-6(2)9-10-8(11)7-3-4-12-5-7;1-8-6(7)5-2-3-9-4-5;6-7-5(8)4-1-2-9-3-4/h3-6,9H,1-2H3,(H,10,11);2-4,6-7H,1H3;1-3H,6H2,(H,7,8). The Kier molecular flexibility index (Phi) is 12.8. The topological polar surface area (TPSA) is 126 Å². The smallest absolute Gasteiger partial charge is 0.266 e. The maximum Gasteiger partial charge on any atom is 0.266 e. The Bertz CT molecular complexity index is 822. The molecule has 3 aromatic heterocycles. The molecule has 0 bridgehead atoms. The number of amides is 2. The van der Waals surface area contributed by atoms with Crippen LogP contribution in [0.1, 0.15) is 46.4 Å². The average Bonchev–Trinajstić information content (AvgIpc) is 3.54.